The minimum absolute atomic E-state index is 0.269. The van der Waals surface area contributed by atoms with Gasteiger partial charge in [-0.3, -0.25) is 4.79 Å². The molecule has 0 amide bonds. The summed E-state index contributed by atoms with van der Waals surface area (Å²) in [5.74, 6) is -1.07. The standard InChI is InChI=1S/C8H16N2O4S/c1-2-9-15(13,14)10-6-4-3-5-7(10)8(11)12/h7,9H,2-6H2,1H3,(H,11,12). The first-order chi connectivity index (χ1) is 6.99. The van der Waals surface area contributed by atoms with Crippen molar-refractivity contribution >= 4 is 16.2 Å². The molecule has 0 aromatic rings. The van der Waals surface area contributed by atoms with Gasteiger partial charge in [-0.2, -0.15) is 12.7 Å². The topological polar surface area (TPSA) is 86.7 Å². The van der Waals surface area contributed by atoms with Crippen molar-refractivity contribution in [3.63, 3.8) is 0 Å². The molecular weight excluding hydrogens is 220 g/mol. The van der Waals surface area contributed by atoms with Gasteiger partial charge in [0.15, 0.2) is 0 Å². The number of piperidine rings is 1. The molecule has 1 unspecified atom stereocenters. The second-order valence-electron chi connectivity index (χ2n) is 3.46. The lowest BCUT2D eigenvalue weighted by atomic mass is 10.1. The van der Waals surface area contributed by atoms with E-state index in [1.54, 1.807) is 6.92 Å². The first kappa shape index (κ1) is 12.4. The molecule has 0 aromatic carbocycles. The fraction of sp³-hybridized carbons (Fsp3) is 0.875. The van der Waals surface area contributed by atoms with Crippen molar-refractivity contribution in [1.82, 2.24) is 9.03 Å². The molecule has 0 radical (unpaired) electrons. The zero-order valence-electron chi connectivity index (χ0n) is 8.64. The smallest absolute Gasteiger partial charge is 0.322 e. The van der Waals surface area contributed by atoms with E-state index in [-0.39, 0.29) is 13.1 Å². The van der Waals surface area contributed by atoms with Crippen molar-refractivity contribution in [3.05, 3.63) is 0 Å². The largest absolute Gasteiger partial charge is 0.480 e. The van der Waals surface area contributed by atoms with Gasteiger partial charge in [0.1, 0.15) is 6.04 Å². The summed E-state index contributed by atoms with van der Waals surface area (Å²) in [6.45, 7) is 2.22. The molecule has 1 aliphatic rings. The van der Waals surface area contributed by atoms with E-state index in [4.69, 9.17) is 5.11 Å². The van der Waals surface area contributed by atoms with Gasteiger partial charge in [-0.25, -0.2) is 4.72 Å². The Morgan fingerprint density at radius 2 is 2.20 bits per heavy atom. The highest BCUT2D eigenvalue weighted by molar-refractivity contribution is 7.87. The summed E-state index contributed by atoms with van der Waals surface area (Å²) < 4.78 is 26.7. The van der Waals surface area contributed by atoms with E-state index in [9.17, 15) is 13.2 Å². The quantitative estimate of drug-likeness (QED) is 0.706. The molecular formula is C8H16N2O4S. The maximum atomic E-state index is 11.7. The third kappa shape index (κ3) is 2.90. The maximum Gasteiger partial charge on any atom is 0.322 e. The Kier molecular flexibility index (Phi) is 4.06. The van der Waals surface area contributed by atoms with E-state index in [1.807, 2.05) is 0 Å². The van der Waals surface area contributed by atoms with Gasteiger partial charge in [0.05, 0.1) is 0 Å². The Bertz CT molecular complexity index is 328. The van der Waals surface area contributed by atoms with Crippen molar-refractivity contribution in [3.8, 4) is 0 Å². The Morgan fingerprint density at radius 1 is 1.53 bits per heavy atom. The summed E-state index contributed by atoms with van der Waals surface area (Å²) >= 11 is 0. The van der Waals surface area contributed by atoms with E-state index in [1.165, 1.54) is 0 Å². The lowest BCUT2D eigenvalue weighted by Gasteiger charge is -2.31. The summed E-state index contributed by atoms with van der Waals surface area (Å²) in [5, 5.41) is 8.91. The van der Waals surface area contributed by atoms with Crippen LogP contribution < -0.4 is 4.72 Å². The van der Waals surface area contributed by atoms with Crippen LogP contribution in [0.1, 0.15) is 26.2 Å². The number of carboxylic acid groups (broad SMARTS) is 1. The lowest BCUT2D eigenvalue weighted by Crippen LogP contribution is -2.52. The highest BCUT2D eigenvalue weighted by atomic mass is 32.2. The normalized spacial score (nSPS) is 23.9. The van der Waals surface area contributed by atoms with Crippen molar-refractivity contribution in [2.24, 2.45) is 0 Å². The maximum absolute atomic E-state index is 11.7. The van der Waals surface area contributed by atoms with Gasteiger partial charge in [0.25, 0.3) is 10.2 Å². The molecule has 15 heavy (non-hydrogen) atoms. The number of carboxylic acids is 1. The zero-order chi connectivity index (χ0) is 11.5. The third-order valence-corrected chi connectivity index (χ3v) is 4.08. The number of hydrogen-bond acceptors (Lipinski definition) is 3. The summed E-state index contributed by atoms with van der Waals surface area (Å²) in [5.41, 5.74) is 0. The van der Waals surface area contributed by atoms with E-state index in [0.29, 0.717) is 12.8 Å². The van der Waals surface area contributed by atoms with Gasteiger partial charge >= 0.3 is 5.97 Å². The van der Waals surface area contributed by atoms with Crippen LogP contribution in [0.3, 0.4) is 0 Å². The molecule has 6 nitrogen and oxygen atoms in total. The number of nitrogens with one attached hydrogen (secondary N) is 1. The minimum atomic E-state index is -3.63. The predicted molar refractivity (Wildman–Crippen MR) is 54.6 cm³/mol. The Labute approximate surface area is 89.4 Å². The van der Waals surface area contributed by atoms with Gasteiger partial charge in [-0.15, -0.1) is 0 Å². The first-order valence-corrected chi connectivity index (χ1v) is 6.42. The van der Waals surface area contributed by atoms with Crippen LogP contribution in [0.15, 0.2) is 0 Å². The monoisotopic (exact) mass is 236 g/mol. The van der Waals surface area contributed by atoms with Gasteiger partial charge in [0.2, 0.25) is 0 Å². The Hall–Kier alpha value is -0.660. The average Bonchev–Trinajstić information content (AvgIpc) is 2.17. The van der Waals surface area contributed by atoms with Crippen molar-refractivity contribution < 1.29 is 18.3 Å². The minimum Gasteiger partial charge on any atom is -0.480 e. The van der Waals surface area contributed by atoms with Gasteiger partial charge in [-0.05, 0) is 19.3 Å². The number of hydrogen-bond donors (Lipinski definition) is 2. The van der Waals surface area contributed by atoms with Crippen molar-refractivity contribution in [2.45, 2.75) is 32.2 Å². The first-order valence-electron chi connectivity index (χ1n) is 4.98. The zero-order valence-corrected chi connectivity index (χ0v) is 9.46. The molecule has 0 spiro atoms. The summed E-state index contributed by atoms with van der Waals surface area (Å²) in [6.07, 6.45) is 1.86. The molecule has 1 atom stereocenters. The molecule has 0 aliphatic carbocycles. The molecule has 0 saturated carbocycles. The van der Waals surface area contributed by atoms with Crippen LogP contribution in [-0.2, 0) is 15.0 Å². The SMILES string of the molecule is CCNS(=O)(=O)N1CCCCC1C(=O)O. The fourth-order valence-electron chi connectivity index (χ4n) is 1.70. The summed E-state index contributed by atoms with van der Waals surface area (Å²) in [7, 11) is -3.63. The van der Waals surface area contributed by atoms with Crippen molar-refractivity contribution in [1.29, 1.82) is 0 Å². The van der Waals surface area contributed by atoms with E-state index >= 15 is 0 Å². The van der Waals surface area contributed by atoms with Crippen LogP contribution in [0, 0.1) is 0 Å². The number of rotatable bonds is 4. The Balaban J connectivity index is 2.85. The predicted octanol–water partition coefficient (Wildman–Crippen LogP) is -0.220. The Morgan fingerprint density at radius 3 is 2.73 bits per heavy atom. The van der Waals surface area contributed by atoms with Crippen LogP contribution in [0.4, 0.5) is 0 Å². The fourth-order valence-corrected chi connectivity index (χ4v) is 3.14. The second-order valence-corrected chi connectivity index (χ2v) is 5.17. The number of nitrogens with zero attached hydrogens (tertiary/aromatic N) is 1. The van der Waals surface area contributed by atoms with Gasteiger partial charge in [0, 0.05) is 13.1 Å². The molecule has 88 valence electrons. The molecule has 1 heterocycles. The van der Waals surface area contributed by atoms with Crippen LogP contribution in [0.5, 0.6) is 0 Å². The molecule has 7 heteroatoms. The van der Waals surface area contributed by atoms with E-state index < -0.39 is 22.2 Å². The lowest BCUT2D eigenvalue weighted by molar-refractivity contribution is -0.142. The van der Waals surface area contributed by atoms with Gasteiger partial charge in [-0.1, -0.05) is 6.92 Å². The van der Waals surface area contributed by atoms with E-state index in [2.05, 4.69) is 4.72 Å². The highest BCUT2D eigenvalue weighted by Gasteiger charge is 2.36. The van der Waals surface area contributed by atoms with E-state index in [0.717, 1.165) is 10.7 Å². The number of carbonyl (C=O) groups is 1. The molecule has 1 aliphatic heterocycles. The van der Waals surface area contributed by atoms with Crippen molar-refractivity contribution in [2.75, 3.05) is 13.1 Å². The van der Waals surface area contributed by atoms with Crippen LogP contribution >= 0.6 is 0 Å². The second kappa shape index (κ2) is 4.91. The molecule has 0 aromatic heterocycles. The van der Waals surface area contributed by atoms with Crippen LogP contribution in [-0.4, -0.2) is 42.9 Å². The average molecular weight is 236 g/mol. The molecule has 0 bridgehead atoms. The molecule has 1 rings (SSSR count). The molecule has 1 saturated heterocycles. The summed E-state index contributed by atoms with van der Waals surface area (Å²) in [6, 6.07) is -0.914. The molecule has 1 fully saturated rings. The van der Waals surface area contributed by atoms with Crippen LogP contribution in [0.2, 0.25) is 0 Å². The highest BCUT2D eigenvalue weighted by Crippen LogP contribution is 2.19. The van der Waals surface area contributed by atoms with Crippen LogP contribution in [0.25, 0.3) is 0 Å². The van der Waals surface area contributed by atoms with Gasteiger partial charge < -0.3 is 5.11 Å². The third-order valence-electron chi connectivity index (χ3n) is 2.37. The molecule has 2 N–H and O–H groups in total. The summed E-state index contributed by atoms with van der Waals surface area (Å²) in [4.78, 5) is 10.9. The number of aliphatic carboxylic acids is 1.